The molecule has 0 aliphatic heterocycles. The molecule has 0 unspecified atom stereocenters. The van der Waals surface area contributed by atoms with Gasteiger partial charge in [0, 0.05) is 11.6 Å². The number of hydrogen-bond donors (Lipinski definition) is 2. The van der Waals surface area contributed by atoms with Crippen LogP contribution in [0.4, 0.5) is 5.13 Å². The highest BCUT2D eigenvalue weighted by Gasteiger charge is 2.08. The van der Waals surface area contributed by atoms with Gasteiger partial charge < -0.3 is 11.1 Å². The number of anilines is 1. The number of nitrogen functional groups attached to an aromatic ring is 1. The molecule has 0 atom stereocenters. The van der Waals surface area contributed by atoms with Gasteiger partial charge in [-0.25, -0.2) is 4.98 Å². The molecule has 0 saturated heterocycles. The van der Waals surface area contributed by atoms with Crippen LogP contribution in [0.2, 0.25) is 0 Å². The molecule has 3 N–H and O–H groups in total. The van der Waals surface area contributed by atoms with E-state index in [1.807, 2.05) is 0 Å². The number of nitrogens with two attached hydrogens (primary N) is 1. The maximum absolute atomic E-state index is 11.6. The first-order chi connectivity index (χ1) is 7.75. The van der Waals surface area contributed by atoms with Crippen LogP contribution in [0.1, 0.15) is 16.2 Å². The summed E-state index contributed by atoms with van der Waals surface area (Å²) in [5.74, 6) is -0.265. The van der Waals surface area contributed by atoms with Crippen LogP contribution in [0, 0.1) is 0 Å². The Morgan fingerprint density at radius 1 is 1.56 bits per heavy atom. The number of rotatable bonds is 3. The van der Waals surface area contributed by atoms with Crippen LogP contribution in [-0.2, 0) is 6.54 Å². The molecule has 0 fully saturated rings. The molecule has 2 heterocycles. The molecule has 0 aromatic carbocycles. The van der Waals surface area contributed by atoms with E-state index in [0.29, 0.717) is 23.1 Å². The summed E-state index contributed by atoms with van der Waals surface area (Å²) in [6.07, 6.45) is 1.58. The van der Waals surface area contributed by atoms with Crippen molar-refractivity contribution in [1.29, 1.82) is 0 Å². The molecule has 16 heavy (non-hydrogen) atoms. The monoisotopic (exact) mass is 235 g/mol. The van der Waals surface area contributed by atoms with Gasteiger partial charge in [0.15, 0.2) is 5.13 Å². The van der Waals surface area contributed by atoms with Gasteiger partial charge in [0.2, 0.25) is 0 Å². The van der Waals surface area contributed by atoms with E-state index in [1.165, 1.54) is 11.3 Å². The number of carbonyl (C=O) groups is 1. The van der Waals surface area contributed by atoms with Crippen LogP contribution >= 0.6 is 11.3 Å². The Morgan fingerprint density at radius 3 is 3.06 bits per heavy atom. The van der Waals surface area contributed by atoms with Gasteiger partial charge in [0.05, 0.1) is 12.2 Å². The van der Waals surface area contributed by atoms with Crippen molar-refractivity contribution in [3.8, 4) is 0 Å². The van der Waals surface area contributed by atoms with Crippen molar-refractivity contribution < 1.29 is 4.79 Å². The summed E-state index contributed by atoms with van der Waals surface area (Å²) in [5, 5.41) is 12.2. The zero-order chi connectivity index (χ0) is 11.4. The molecule has 7 heteroatoms. The summed E-state index contributed by atoms with van der Waals surface area (Å²) in [6, 6.07) is 3.54. The van der Waals surface area contributed by atoms with Gasteiger partial charge in [-0.3, -0.25) is 4.79 Å². The number of amides is 1. The zero-order valence-electron chi connectivity index (χ0n) is 8.25. The lowest BCUT2D eigenvalue weighted by molar-refractivity contribution is 0.0946. The van der Waals surface area contributed by atoms with E-state index in [0.717, 1.165) is 0 Å². The number of aromatic nitrogens is 3. The maximum Gasteiger partial charge on any atom is 0.271 e. The van der Waals surface area contributed by atoms with Crippen molar-refractivity contribution in [3.05, 3.63) is 35.1 Å². The average molecular weight is 235 g/mol. The Kier molecular flexibility index (Phi) is 3.06. The first-order valence-corrected chi connectivity index (χ1v) is 5.39. The van der Waals surface area contributed by atoms with E-state index in [4.69, 9.17) is 5.73 Å². The number of nitrogens with zero attached hydrogens (tertiary/aromatic N) is 3. The van der Waals surface area contributed by atoms with Gasteiger partial charge in [-0.1, -0.05) is 0 Å². The van der Waals surface area contributed by atoms with Crippen LogP contribution in [0.15, 0.2) is 23.7 Å². The number of carbonyl (C=O) groups excluding carboxylic acids is 1. The number of thiazole rings is 1. The number of hydrogen-bond acceptors (Lipinski definition) is 6. The van der Waals surface area contributed by atoms with Gasteiger partial charge >= 0.3 is 0 Å². The zero-order valence-corrected chi connectivity index (χ0v) is 9.07. The van der Waals surface area contributed by atoms with Crippen LogP contribution in [-0.4, -0.2) is 21.1 Å². The Morgan fingerprint density at radius 2 is 2.44 bits per heavy atom. The Hall–Kier alpha value is -2.02. The lowest BCUT2D eigenvalue weighted by atomic mass is 10.3. The summed E-state index contributed by atoms with van der Waals surface area (Å²) in [7, 11) is 0. The third-order valence-electron chi connectivity index (χ3n) is 1.81. The SMILES string of the molecule is Nc1nc(C(=O)NCc2cccnn2)cs1. The normalized spacial score (nSPS) is 10.0. The van der Waals surface area contributed by atoms with Crippen molar-refractivity contribution in [2.45, 2.75) is 6.54 Å². The third-order valence-corrected chi connectivity index (χ3v) is 2.49. The molecule has 0 aliphatic rings. The molecule has 0 saturated carbocycles. The minimum atomic E-state index is -0.265. The highest BCUT2D eigenvalue weighted by Crippen LogP contribution is 2.10. The fourth-order valence-corrected chi connectivity index (χ4v) is 1.62. The molecule has 2 aromatic heterocycles. The van der Waals surface area contributed by atoms with E-state index in [2.05, 4.69) is 20.5 Å². The van der Waals surface area contributed by atoms with E-state index < -0.39 is 0 Å². The molecule has 2 aromatic rings. The Labute approximate surface area is 95.5 Å². The second kappa shape index (κ2) is 4.67. The highest BCUT2D eigenvalue weighted by atomic mass is 32.1. The minimum Gasteiger partial charge on any atom is -0.375 e. The first kappa shape index (κ1) is 10.5. The third kappa shape index (κ3) is 2.51. The lowest BCUT2D eigenvalue weighted by Gasteiger charge is -2.00. The maximum atomic E-state index is 11.6. The lowest BCUT2D eigenvalue weighted by Crippen LogP contribution is -2.23. The van der Waals surface area contributed by atoms with Crippen molar-refractivity contribution in [3.63, 3.8) is 0 Å². The van der Waals surface area contributed by atoms with E-state index in [-0.39, 0.29) is 5.91 Å². The van der Waals surface area contributed by atoms with Crippen molar-refractivity contribution >= 4 is 22.4 Å². The summed E-state index contributed by atoms with van der Waals surface area (Å²) >= 11 is 1.23. The van der Waals surface area contributed by atoms with Gasteiger partial charge in [-0.15, -0.1) is 11.3 Å². The van der Waals surface area contributed by atoms with Crippen molar-refractivity contribution in [1.82, 2.24) is 20.5 Å². The first-order valence-electron chi connectivity index (χ1n) is 4.51. The summed E-state index contributed by atoms with van der Waals surface area (Å²) in [5.41, 5.74) is 6.45. The molecule has 2 rings (SSSR count). The summed E-state index contributed by atoms with van der Waals surface area (Å²) < 4.78 is 0. The molecule has 0 bridgehead atoms. The average Bonchev–Trinajstić information content (AvgIpc) is 2.74. The van der Waals surface area contributed by atoms with Gasteiger partial charge in [-0.05, 0) is 12.1 Å². The van der Waals surface area contributed by atoms with Crippen LogP contribution < -0.4 is 11.1 Å². The molecule has 0 radical (unpaired) electrons. The van der Waals surface area contributed by atoms with Gasteiger partial charge in [-0.2, -0.15) is 10.2 Å². The predicted octanol–water partition coefficient (Wildman–Crippen LogP) is 0.445. The van der Waals surface area contributed by atoms with Crippen molar-refractivity contribution in [2.24, 2.45) is 0 Å². The Bertz CT molecular complexity index is 484. The summed E-state index contributed by atoms with van der Waals surface area (Å²) in [6.45, 7) is 0.324. The van der Waals surface area contributed by atoms with Crippen LogP contribution in [0.25, 0.3) is 0 Å². The molecular weight excluding hydrogens is 226 g/mol. The van der Waals surface area contributed by atoms with E-state index in [9.17, 15) is 4.79 Å². The van der Waals surface area contributed by atoms with E-state index >= 15 is 0 Å². The fraction of sp³-hybridized carbons (Fsp3) is 0.111. The molecule has 0 aliphatic carbocycles. The number of nitrogens with one attached hydrogen (secondary N) is 1. The topological polar surface area (TPSA) is 93.8 Å². The van der Waals surface area contributed by atoms with Gasteiger partial charge in [0.25, 0.3) is 5.91 Å². The second-order valence-electron chi connectivity index (χ2n) is 2.97. The quantitative estimate of drug-likeness (QED) is 0.805. The Balaban J connectivity index is 1.94. The van der Waals surface area contributed by atoms with Crippen molar-refractivity contribution in [2.75, 3.05) is 5.73 Å². The molecule has 0 spiro atoms. The second-order valence-corrected chi connectivity index (χ2v) is 3.86. The predicted molar refractivity (Wildman–Crippen MR) is 59.7 cm³/mol. The standard InChI is InChI=1S/C9H9N5OS/c10-9-13-7(5-16-9)8(15)11-4-6-2-1-3-12-14-6/h1-3,5H,4H2,(H2,10,13)(H,11,15). The molecule has 1 amide bonds. The van der Waals surface area contributed by atoms with Crippen LogP contribution in [0.3, 0.4) is 0 Å². The minimum absolute atomic E-state index is 0.265. The smallest absolute Gasteiger partial charge is 0.271 e. The fourth-order valence-electron chi connectivity index (χ4n) is 1.08. The highest BCUT2D eigenvalue weighted by molar-refractivity contribution is 7.13. The molecular formula is C9H9N5OS. The van der Waals surface area contributed by atoms with Crippen LogP contribution in [0.5, 0.6) is 0 Å². The molecule has 6 nitrogen and oxygen atoms in total. The summed E-state index contributed by atoms with van der Waals surface area (Å²) in [4.78, 5) is 15.4. The largest absolute Gasteiger partial charge is 0.375 e. The van der Waals surface area contributed by atoms with Gasteiger partial charge in [0.1, 0.15) is 5.69 Å². The van der Waals surface area contributed by atoms with E-state index in [1.54, 1.807) is 23.7 Å². The molecule has 82 valence electrons.